The molecule has 0 unspecified atom stereocenters. The van der Waals surface area contributed by atoms with Crippen LogP contribution < -0.4 is 10.1 Å². The molecule has 0 aliphatic carbocycles. The Morgan fingerprint density at radius 2 is 1.90 bits per heavy atom. The van der Waals surface area contributed by atoms with Gasteiger partial charge in [0.25, 0.3) is 17.1 Å². The summed E-state index contributed by atoms with van der Waals surface area (Å²) in [4.78, 5) is 37.6. The Labute approximate surface area is 183 Å². The molecule has 1 aliphatic rings. The second-order valence-electron chi connectivity index (χ2n) is 6.10. The van der Waals surface area contributed by atoms with Gasteiger partial charge in [-0.15, -0.1) is 0 Å². The first-order chi connectivity index (χ1) is 14.3. The summed E-state index contributed by atoms with van der Waals surface area (Å²) in [5.74, 6) is -2.08. The monoisotopic (exact) mass is 496 g/mol. The van der Waals surface area contributed by atoms with Crippen LogP contribution >= 0.6 is 27.7 Å². The number of hydrogen-bond donors (Lipinski definition) is 1. The first-order valence-electron chi connectivity index (χ1n) is 8.69. The maximum absolute atomic E-state index is 13.7. The first-order valence-corrected chi connectivity index (χ1v) is 10.3. The molecule has 0 bridgehead atoms. The largest absolute Gasteiger partial charge is 0.481 e. The second-order valence-corrected chi connectivity index (χ2v) is 8.01. The molecular formula is C20H15BrF2N2O4S. The van der Waals surface area contributed by atoms with Gasteiger partial charge in [0.05, 0.1) is 4.91 Å². The number of rotatable bonds is 7. The van der Waals surface area contributed by atoms with E-state index in [0.29, 0.717) is 10.0 Å². The molecule has 156 valence electrons. The summed E-state index contributed by atoms with van der Waals surface area (Å²) in [6.45, 7) is -0.415. The van der Waals surface area contributed by atoms with E-state index in [2.05, 4.69) is 21.2 Å². The van der Waals surface area contributed by atoms with Crippen LogP contribution in [-0.4, -0.2) is 41.6 Å². The molecule has 30 heavy (non-hydrogen) atoms. The highest BCUT2D eigenvalue weighted by atomic mass is 79.9. The van der Waals surface area contributed by atoms with E-state index in [-0.39, 0.29) is 23.7 Å². The van der Waals surface area contributed by atoms with Crippen LogP contribution in [0.5, 0.6) is 5.75 Å². The zero-order valence-corrected chi connectivity index (χ0v) is 17.8. The molecule has 3 rings (SSSR count). The second kappa shape index (κ2) is 9.86. The molecule has 2 aromatic carbocycles. The number of benzene rings is 2. The lowest BCUT2D eigenvalue weighted by atomic mass is 10.2. The average molecular weight is 497 g/mol. The third-order valence-electron chi connectivity index (χ3n) is 3.95. The maximum atomic E-state index is 13.7. The number of amides is 3. The number of nitrogens with one attached hydrogen (secondary N) is 1. The van der Waals surface area contributed by atoms with Gasteiger partial charge in [-0.2, -0.15) is 0 Å². The van der Waals surface area contributed by atoms with Crippen molar-refractivity contribution in [1.82, 2.24) is 10.2 Å². The summed E-state index contributed by atoms with van der Waals surface area (Å²) in [7, 11) is 0. The van der Waals surface area contributed by atoms with Crippen LogP contribution in [0, 0.1) is 11.6 Å². The molecule has 0 aromatic heterocycles. The number of thioether (sulfide) groups is 1. The van der Waals surface area contributed by atoms with Crippen LogP contribution in [0.4, 0.5) is 13.6 Å². The van der Waals surface area contributed by atoms with Crippen molar-refractivity contribution in [3.63, 3.8) is 0 Å². The molecule has 0 radical (unpaired) electrons. The number of hydrogen-bond acceptors (Lipinski definition) is 5. The minimum Gasteiger partial charge on any atom is -0.481 e. The number of nitrogens with zero attached hydrogens (tertiary/aromatic N) is 1. The van der Waals surface area contributed by atoms with Crippen molar-refractivity contribution in [3.8, 4) is 5.75 Å². The average Bonchev–Trinajstić information content (AvgIpc) is 2.96. The Morgan fingerprint density at radius 1 is 1.17 bits per heavy atom. The maximum Gasteiger partial charge on any atom is 0.293 e. The SMILES string of the molecule is O=C(COc1ccc(Br)cc1F)NCCN1C(=O)S/C(=C\c2ccc(F)cc2)C1=O. The highest BCUT2D eigenvalue weighted by Crippen LogP contribution is 2.31. The Kier molecular flexibility index (Phi) is 7.22. The van der Waals surface area contributed by atoms with Crippen molar-refractivity contribution >= 4 is 50.8 Å². The Hall–Kier alpha value is -2.72. The van der Waals surface area contributed by atoms with E-state index >= 15 is 0 Å². The van der Waals surface area contributed by atoms with Gasteiger partial charge in [0.2, 0.25) is 0 Å². The van der Waals surface area contributed by atoms with Gasteiger partial charge in [-0.1, -0.05) is 28.1 Å². The minimum atomic E-state index is -0.608. The fourth-order valence-corrected chi connectivity index (χ4v) is 3.70. The lowest BCUT2D eigenvalue weighted by Crippen LogP contribution is -2.38. The number of halogens is 3. The molecule has 0 spiro atoms. The molecule has 1 N–H and O–H groups in total. The van der Waals surface area contributed by atoms with E-state index < -0.39 is 35.3 Å². The number of ether oxygens (including phenoxy) is 1. The molecule has 10 heteroatoms. The van der Waals surface area contributed by atoms with Crippen LogP contribution in [0.3, 0.4) is 0 Å². The number of imide groups is 1. The fourth-order valence-electron chi connectivity index (χ4n) is 2.50. The number of carbonyl (C=O) groups excluding carboxylic acids is 3. The number of carbonyl (C=O) groups is 3. The third-order valence-corrected chi connectivity index (χ3v) is 5.35. The molecule has 1 saturated heterocycles. The fraction of sp³-hybridized carbons (Fsp3) is 0.150. The van der Waals surface area contributed by atoms with Crippen molar-refractivity contribution in [3.05, 3.63) is 69.0 Å². The molecule has 6 nitrogen and oxygen atoms in total. The van der Waals surface area contributed by atoms with E-state index in [9.17, 15) is 23.2 Å². The van der Waals surface area contributed by atoms with E-state index in [0.717, 1.165) is 16.7 Å². The van der Waals surface area contributed by atoms with E-state index in [1.165, 1.54) is 42.5 Å². The van der Waals surface area contributed by atoms with Crippen LogP contribution in [0.2, 0.25) is 0 Å². The van der Waals surface area contributed by atoms with Gasteiger partial charge in [0, 0.05) is 17.6 Å². The summed E-state index contributed by atoms with van der Waals surface area (Å²) in [6, 6.07) is 9.69. The minimum absolute atomic E-state index is 0.0207. The molecule has 3 amide bonds. The summed E-state index contributed by atoms with van der Waals surface area (Å²) >= 11 is 3.89. The van der Waals surface area contributed by atoms with Gasteiger partial charge in [-0.05, 0) is 53.7 Å². The van der Waals surface area contributed by atoms with Gasteiger partial charge in [0.1, 0.15) is 5.82 Å². The zero-order valence-electron chi connectivity index (χ0n) is 15.4. The quantitative estimate of drug-likeness (QED) is 0.587. The van der Waals surface area contributed by atoms with E-state index in [1.807, 2.05) is 0 Å². The zero-order chi connectivity index (χ0) is 21.7. The smallest absolute Gasteiger partial charge is 0.293 e. The predicted octanol–water partition coefficient (Wildman–Crippen LogP) is 3.96. The van der Waals surface area contributed by atoms with E-state index in [4.69, 9.17) is 4.74 Å². The molecule has 1 aliphatic heterocycles. The molecule has 1 heterocycles. The van der Waals surface area contributed by atoms with Gasteiger partial charge < -0.3 is 10.1 Å². The Morgan fingerprint density at radius 3 is 2.60 bits per heavy atom. The van der Waals surface area contributed by atoms with Gasteiger partial charge >= 0.3 is 0 Å². The summed E-state index contributed by atoms with van der Waals surface area (Å²) in [6.07, 6.45) is 1.50. The Balaban J connectivity index is 1.48. The molecule has 0 atom stereocenters. The third kappa shape index (κ3) is 5.67. The Bertz CT molecular complexity index is 1010. The first kappa shape index (κ1) is 22.0. The van der Waals surface area contributed by atoms with Crippen molar-refractivity contribution < 1.29 is 27.9 Å². The van der Waals surface area contributed by atoms with Gasteiger partial charge in [-0.3, -0.25) is 19.3 Å². The topological polar surface area (TPSA) is 75.7 Å². The molecule has 1 fully saturated rings. The van der Waals surface area contributed by atoms with Gasteiger partial charge in [-0.25, -0.2) is 8.78 Å². The summed E-state index contributed by atoms with van der Waals surface area (Å²) < 4.78 is 32.3. The van der Waals surface area contributed by atoms with Gasteiger partial charge in [0.15, 0.2) is 18.2 Å². The summed E-state index contributed by atoms with van der Waals surface area (Å²) in [5, 5.41) is 2.05. The lowest BCUT2D eigenvalue weighted by molar-refractivity contribution is -0.125. The highest BCUT2D eigenvalue weighted by molar-refractivity contribution is 9.10. The van der Waals surface area contributed by atoms with Crippen molar-refractivity contribution in [2.45, 2.75) is 0 Å². The van der Waals surface area contributed by atoms with Crippen LogP contribution in [0.1, 0.15) is 5.56 Å². The predicted molar refractivity (Wildman–Crippen MR) is 112 cm³/mol. The molecule has 2 aromatic rings. The summed E-state index contributed by atoms with van der Waals surface area (Å²) in [5.41, 5.74) is 0.590. The van der Waals surface area contributed by atoms with Crippen molar-refractivity contribution in [2.75, 3.05) is 19.7 Å². The van der Waals surface area contributed by atoms with E-state index in [1.54, 1.807) is 6.07 Å². The standard InChI is InChI=1S/C20H15BrF2N2O4S/c21-13-3-6-16(15(23)10-13)29-11-18(26)24-7-8-25-19(27)17(30-20(25)28)9-12-1-4-14(22)5-2-12/h1-6,9-10H,7-8,11H2,(H,24,26)/b17-9-. The van der Waals surface area contributed by atoms with Crippen LogP contribution in [0.15, 0.2) is 51.8 Å². The normalized spacial score (nSPS) is 15.0. The highest BCUT2D eigenvalue weighted by Gasteiger charge is 2.34. The van der Waals surface area contributed by atoms with Crippen LogP contribution in [-0.2, 0) is 9.59 Å². The lowest BCUT2D eigenvalue weighted by Gasteiger charge is -2.13. The van der Waals surface area contributed by atoms with Crippen molar-refractivity contribution in [1.29, 1.82) is 0 Å². The molecular weight excluding hydrogens is 482 g/mol. The van der Waals surface area contributed by atoms with Crippen LogP contribution in [0.25, 0.3) is 6.08 Å². The molecule has 0 saturated carbocycles. The van der Waals surface area contributed by atoms with Crippen molar-refractivity contribution in [2.24, 2.45) is 0 Å².